The summed E-state index contributed by atoms with van der Waals surface area (Å²) in [6.07, 6.45) is -4.48. The molecule has 2 aromatic carbocycles. The maximum Gasteiger partial charge on any atom is 0.416 e. The minimum absolute atomic E-state index is 0.163. The van der Waals surface area contributed by atoms with Gasteiger partial charge in [0.25, 0.3) is 11.5 Å². The summed E-state index contributed by atoms with van der Waals surface area (Å²) in [6, 6.07) is 9.81. The highest BCUT2D eigenvalue weighted by atomic mass is 19.4. The molecule has 172 valence electrons. The number of hydrogen-bond donors (Lipinski definition) is 2. The highest BCUT2D eigenvalue weighted by Crippen LogP contribution is 2.29. The van der Waals surface area contributed by atoms with E-state index in [-0.39, 0.29) is 28.1 Å². The molecule has 0 saturated heterocycles. The normalized spacial score (nSPS) is 11.9. The van der Waals surface area contributed by atoms with E-state index in [4.69, 9.17) is 0 Å². The number of halogens is 3. The monoisotopic (exact) mass is 460 g/mol. The van der Waals surface area contributed by atoms with Crippen molar-refractivity contribution < 1.29 is 27.5 Å². The Morgan fingerprint density at radius 3 is 2.15 bits per heavy atom. The minimum atomic E-state index is -4.48. The zero-order valence-electron chi connectivity index (χ0n) is 17.8. The number of H-pyrrole nitrogens is 1. The van der Waals surface area contributed by atoms with E-state index in [0.29, 0.717) is 5.69 Å². The van der Waals surface area contributed by atoms with Gasteiger partial charge in [0.1, 0.15) is 0 Å². The third-order valence-corrected chi connectivity index (χ3v) is 4.78. The number of methoxy groups -OCH3 is 1. The van der Waals surface area contributed by atoms with Crippen LogP contribution in [0, 0.1) is 6.92 Å². The molecule has 3 aromatic rings. The van der Waals surface area contributed by atoms with Crippen LogP contribution in [-0.2, 0) is 10.9 Å². The van der Waals surface area contributed by atoms with Crippen molar-refractivity contribution >= 4 is 17.6 Å². The summed E-state index contributed by atoms with van der Waals surface area (Å²) in [5.74, 6) is -1.11. The van der Waals surface area contributed by atoms with Crippen LogP contribution in [0.2, 0.25) is 0 Å². The Balaban J connectivity index is 1.81. The molecular weight excluding hydrogens is 441 g/mol. The van der Waals surface area contributed by atoms with Crippen molar-refractivity contribution in [3.05, 3.63) is 86.8 Å². The van der Waals surface area contributed by atoms with E-state index >= 15 is 0 Å². The Labute approximate surface area is 185 Å². The van der Waals surface area contributed by atoms with Crippen molar-refractivity contribution in [3.8, 4) is 5.69 Å². The number of aromatic nitrogens is 2. The molecule has 1 amide bonds. The van der Waals surface area contributed by atoms with Crippen LogP contribution in [0.5, 0.6) is 0 Å². The van der Waals surface area contributed by atoms with Crippen molar-refractivity contribution in [2.45, 2.75) is 20.0 Å². The van der Waals surface area contributed by atoms with E-state index in [0.717, 1.165) is 16.8 Å². The predicted octanol–water partition coefficient (Wildman–Crippen LogP) is 3.43. The Morgan fingerprint density at radius 1 is 1.03 bits per heavy atom. The fraction of sp³-hybridized carbons (Fsp3) is 0.182. The van der Waals surface area contributed by atoms with Gasteiger partial charge in [-0.25, -0.2) is 14.9 Å². The fourth-order valence-electron chi connectivity index (χ4n) is 3.08. The number of alkyl halides is 3. The first-order valence-electron chi connectivity index (χ1n) is 9.55. The zero-order valence-corrected chi connectivity index (χ0v) is 17.8. The molecule has 2 N–H and O–H groups in total. The number of rotatable bonds is 5. The second kappa shape index (κ2) is 9.15. The van der Waals surface area contributed by atoms with Crippen LogP contribution < -0.4 is 11.0 Å². The maximum atomic E-state index is 12.8. The number of hydrogen-bond acceptors (Lipinski definition) is 5. The molecular formula is C22H19F3N4O4. The Kier molecular flexibility index (Phi) is 6.52. The lowest BCUT2D eigenvalue weighted by molar-refractivity contribution is -0.137. The first-order valence-corrected chi connectivity index (χ1v) is 9.55. The molecule has 33 heavy (non-hydrogen) atoms. The van der Waals surface area contributed by atoms with Crippen molar-refractivity contribution in [1.82, 2.24) is 15.2 Å². The molecule has 0 bridgehead atoms. The van der Waals surface area contributed by atoms with Crippen LogP contribution in [0.1, 0.15) is 44.5 Å². The molecule has 8 nitrogen and oxygen atoms in total. The summed E-state index contributed by atoms with van der Waals surface area (Å²) in [5.41, 5.74) is 2.46. The number of aryl methyl sites for hydroxylation is 1. The summed E-state index contributed by atoms with van der Waals surface area (Å²) in [7, 11) is 1.25. The lowest BCUT2D eigenvalue weighted by Crippen LogP contribution is -2.23. The zero-order chi connectivity index (χ0) is 24.3. The third-order valence-electron chi connectivity index (χ3n) is 4.78. The number of carbonyl (C=O) groups is 2. The van der Waals surface area contributed by atoms with E-state index in [1.165, 1.54) is 50.4 Å². The summed E-state index contributed by atoms with van der Waals surface area (Å²) in [6.45, 7) is 3.11. The molecule has 0 saturated carbocycles. The molecule has 0 radical (unpaired) electrons. The van der Waals surface area contributed by atoms with Gasteiger partial charge in [0.05, 0.1) is 35.2 Å². The van der Waals surface area contributed by atoms with E-state index < -0.39 is 29.2 Å². The first kappa shape index (κ1) is 23.5. The van der Waals surface area contributed by atoms with Gasteiger partial charge in [-0.1, -0.05) is 0 Å². The molecule has 0 unspecified atom stereocenters. The average molecular weight is 460 g/mol. The Bertz CT molecular complexity index is 1270. The predicted molar refractivity (Wildman–Crippen MR) is 114 cm³/mol. The van der Waals surface area contributed by atoms with Gasteiger partial charge in [-0.2, -0.15) is 18.3 Å². The molecule has 0 aliphatic heterocycles. The molecule has 0 aliphatic carbocycles. The smallest absolute Gasteiger partial charge is 0.416 e. The number of nitrogens with zero attached hydrogens (tertiary/aromatic N) is 2. The van der Waals surface area contributed by atoms with Gasteiger partial charge < -0.3 is 4.74 Å². The second-order valence-corrected chi connectivity index (χ2v) is 7.00. The van der Waals surface area contributed by atoms with E-state index in [1.54, 1.807) is 6.92 Å². The van der Waals surface area contributed by atoms with Gasteiger partial charge in [-0.3, -0.25) is 14.7 Å². The standard InChI is InChI=1S/C22H19F3N4O4/c1-12(26-27-19(30)14-4-6-15(7-5-14)21(32)33-3)18-13(2)28-29(20(18)31)17-10-8-16(9-11-17)22(23,24)25/h4-11,28H,1-3H3,(H,27,30). The van der Waals surface area contributed by atoms with E-state index in [9.17, 15) is 27.6 Å². The van der Waals surface area contributed by atoms with Crippen LogP contribution in [0.4, 0.5) is 13.2 Å². The van der Waals surface area contributed by atoms with Crippen molar-refractivity contribution in [2.24, 2.45) is 5.10 Å². The number of aromatic amines is 1. The second-order valence-electron chi connectivity index (χ2n) is 7.00. The van der Waals surface area contributed by atoms with E-state index in [2.05, 4.69) is 20.4 Å². The van der Waals surface area contributed by atoms with Gasteiger partial charge in [-0.15, -0.1) is 0 Å². The SMILES string of the molecule is COC(=O)c1ccc(C(=O)NN=C(C)c2c(C)[nH]n(-c3ccc(C(F)(F)F)cc3)c2=O)cc1. The van der Waals surface area contributed by atoms with E-state index in [1.807, 2.05) is 0 Å². The molecule has 3 rings (SSSR count). The van der Waals surface area contributed by atoms with Crippen LogP contribution in [0.25, 0.3) is 5.69 Å². The molecule has 1 heterocycles. The molecule has 0 spiro atoms. The highest BCUT2D eigenvalue weighted by Gasteiger charge is 2.30. The first-order chi connectivity index (χ1) is 15.5. The summed E-state index contributed by atoms with van der Waals surface area (Å²) < 4.78 is 44.0. The summed E-state index contributed by atoms with van der Waals surface area (Å²) in [5, 5.41) is 6.76. The van der Waals surface area contributed by atoms with Crippen LogP contribution in [-0.4, -0.2) is 34.5 Å². The van der Waals surface area contributed by atoms with Crippen LogP contribution in [0.15, 0.2) is 58.4 Å². The quantitative estimate of drug-likeness (QED) is 0.346. The maximum absolute atomic E-state index is 12.8. The number of nitrogens with one attached hydrogen (secondary N) is 2. The summed E-state index contributed by atoms with van der Waals surface area (Å²) in [4.78, 5) is 36.6. The van der Waals surface area contributed by atoms with Gasteiger partial charge >= 0.3 is 12.1 Å². The largest absolute Gasteiger partial charge is 0.465 e. The van der Waals surface area contributed by atoms with Crippen LogP contribution >= 0.6 is 0 Å². The average Bonchev–Trinajstić information content (AvgIpc) is 3.10. The van der Waals surface area contributed by atoms with Gasteiger partial charge in [0.2, 0.25) is 0 Å². The van der Waals surface area contributed by atoms with Crippen molar-refractivity contribution in [3.63, 3.8) is 0 Å². The molecule has 0 aliphatic rings. The number of benzene rings is 2. The van der Waals surface area contributed by atoms with Crippen molar-refractivity contribution in [2.75, 3.05) is 7.11 Å². The molecule has 1 aromatic heterocycles. The van der Waals surface area contributed by atoms with Gasteiger partial charge in [0, 0.05) is 11.3 Å². The Hall–Kier alpha value is -4.15. The topological polar surface area (TPSA) is 106 Å². The van der Waals surface area contributed by atoms with Crippen molar-refractivity contribution in [1.29, 1.82) is 0 Å². The number of esters is 1. The van der Waals surface area contributed by atoms with Gasteiger partial charge in [-0.05, 0) is 62.4 Å². The lowest BCUT2D eigenvalue weighted by atomic mass is 10.1. The number of amides is 1. The number of carbonyl (C=O) groups excluding carboxylic acids is 2. The van der Waals surface area contributed by atoms with Crippen LogP contribution in [0.3, 0.4) is 0 Å². The highest BCUT2D eigenvalue weighted by molar-refractivity contribution is 6.01. The number of ether oxygens (including phenoxy) is 1. The minimum Gasteiger partial charge on any atom is -0.465 e. The number of hydrazone groups is 1. The Morgan fingerprint density at radius 2 is 1.61 bits per heavy atom. The summed E-state index contributed by atoms with van der Waals surface area (Å²) >= 11 is 0. The van der Waals surface area contributed by atoms with Gasteiger partial charge in [0.15, 0.2) is 0 Å². The molecule has 0 fully saturated rings. The molecule has 0 atom stereocenters. The fourth-order valence-corrected chi connectivity index (χ4v) is 3.08. The third kappa shape index (κ3) is 5.03. The molecule has 11 heteroatoms. The lowest BCUT2D eigenvalue weighted by Gasteiger charge is -2.07.